The molecule has 1 aliphatic heterocycles. The van der Waals surface area contributed by atoms with Gasteiger partial charge in [0, 0.05) is 37.8 Å². The second kappa shape index (κ2) is 7.58. The number of piperidine rings is 1. The number of nitrogens with one attached hydrogen (secondary N) is 1. The summed E-state index contributed by atoms with van der Waals surface area (Å²) >= 11 is 0. The Morgan fingerprint density at radius 1 is 1.22 bits per heavy atom. The number of nitrogens with zero attached hydrogens (tertiary/aromatic N) is 4. The van der Waals surface area contributed by atoms with E-state index in [1.807, 2.05) is 44.7 Å². The van der Waals surface area contributed by atoms with Gasteiger partial charge in [-0.3, -0.25) is 4.57 Å². The van der Waals surface area contributed by atoms with Crippen molar-refractivity contribution in [3.8, 4) is 0 Å². The third-order valence-electron chi connectivity index (χ3n) is 5.05. The number of aromatic nitrogens is 3. The van der Waals surface area contributed by atoms with Crippen LogP contribution in [0.1, 0.15) is 55.6 Å². The highest BCUT2D eigenvalue weighted by Crippen LogP contribution is 2.27. The van der Waals surface area contributed by atoms with Crippen molar-refractivity contribution >= 4 is 11.7 Å². The van der Waals surface area contributed by atoms with Gasteiger partial charge in [0.1, 0.15) is 5.82 Å². The molecule has 1 aromatic carbocycles. The smallest absolute Gasteiger partial charge is 0.324 e. The normalized spacial score (nSPS) is 17.4. The molecule has 1 atom stereocenters. The van der Waals surface area contributed by atoms with Crippen LogP contribution in [0.25, 0.3) is 0 Å². The van der Waals surface area contributed by atoms with E-state index in [9.17, 15) is 9.59 Å². The van der Waals surface area contributed by atoms with E-state index >= 15 is 0 Å². The number of likely N-dealkylation sites (tertiary alicyclic amines) is 1. The maximum Gasteiger partial charge on any atom is 0.345 e. The molecule has 0 aliphatic carbocycles. The van der Waals surface area contributed by atoms with Gasteiger partial charge in [-0.25, -0.2) is 14.3 Å². The lowest BCUT2D eigenvalue weighted by Gasteiger charge is -2.32. The number of carbonyl (C=O) groups excluding carboxylic acids is 1. The molecule has 7 nitrogen and oxygen atoms in total. The summed E-state index contributed by atoms with van der Waals surface area (Å²) in [5.41, 5.74) is 2.96. The first-order valence-corrected chi connectivity index (χ1v) is 9.56. The van der Waals surface area contributed by atoms with Crippen LogP contribution in [0.2, 0.25) is 0 Å². The van der Waals surface area contributed by atoms with Crippen LogP contribution >= 0.6 is 0 Å². The summed E-state index contributed by atoms with van der Waals surface area (Å²) in [6, 6.07) is 5.97. The van der Waals surface area contributed by atoms with Gasteiger partial charge in [-0.1, -0.05) is 6.07 Å². The summed E-state index contributed by atoms with van der Waals surface area (Å²) in [6.07, 6.45) is 1.82. The molecule has 1 saturated heterocycles. The predicted molar refractivity (Wildman–Crippen MR) is 106 cm³/mol. The van der Waals surface area contributed by atoms with Gasteiger partial charge in [0.2, 0.25) is 0 Å². The molecule has 7 heteroatoms. The maximum atomic E-state index is 12.8. The number of aryl methyl sites for hydroxylation is 3. The van der Waals surface area contributed by atoms with Crippen molar-refractivity contribution in [2.45, 2.75) is 52.5 Å². The molecular formula is C20H29N5O2. The van der Waals surface area contributed by atoms with Crippen molar-refractivity contribution in [2.24, 2.45) is 7.05 Å². The van der Waals surface area contributed by atoms with Crippen LogP contribution in [-0.4, -0.2) is 38.4 Å². The van der Waals surface area contributed by atoms with E-state index in [1.54, 1.807) is 11.6 Å². The first-order valence-electron chi connectivity index (χ1n) is 9.56. The first kappa shape index (κ1) is 19.2. The Morgan fingerprint density at radius 2 is 1.89 bits per heavy atom. The fourth-order valence-electron chi connectivity index (χ4n) is 3.88. The minimum atomic E-state index is -0.100. The molecule has 0 spiro atoms. The molecule has 2 amide bonds. The number of hydrogen-bond donors (Lipinski definition) is 1. The van der Waals surface area contributed by atoms with Crippen LogP contribution in [0.3, 0.4) is 0 Å². The highest BCUT2D eigenvalue weighted by atomic mass is 16.2. The number of urea groups is 1. The topological polar surface area (TPSA) is 72.2 Å². The molecule has 1 aromatic heterocycles. The Labute approximate surface area is 160 Å². The molecule has 2 aromatic rings. The highest BCUT2D eigenvalue weighted by Gasteiger charge is 2.30. The zero-order valence-corrected chi connectivity index (χ0v) is 16.8. The molecule has 0 radical (unpaired) electrons. The van der Waals surface area contributed by atoms with Crippen LogP contribution in [0.5, 0.6) is 0 Å². The molecule has 1 unspecified atom stereocenters. The average Bonchev–Trinajstić information content (AvgIpc) is 2.89. The molecule has 3 rings (SSSR count). The Kier molecular flexibility index (Phi) is 5.39. The van der Waals surface area contributed by atoms with Gasteiger partial charge in [0.15, 0.2) is 0 Å². The predicted octanol–water partition coefficient (Wildman–Crippen LogP) is 3.19. The monoisotopic (exact) mass is 371 g/mol. The van der Waals surface area contributed by atoms with E-state index in [2.05, 4.69) is 16.5 Å². The molecule has 1 aliphatic rings. The van der Waals surface area contributed by atoms with Crippen LogP contribution in [0.4, 0.5) is 10.5 Å². The standard InChI is InChI=1S/C20H29N5O2/c1-13(2)25-18(22-23(5)20(25)27)16-7-6-8-24(12-16)19(26)21-17-10-14(3)9-15(4)11-17/h9-11,13,16H,6-8,12H2,1-5H3,(H,21,26). The van der Waals surface area contributed by atoms with Crippen molar-refractivity contribution in [3.63, 3.8) is 0 Å². The van der Waals surface area contributed by atoms with E-state index < -0.39 is 0 Å². The summed E-state index contributed by atoms with van der Waals surface area (Å²) in [5.74, 6) is 0.849. The molecule has 1 fully saturated rings. The summed E-state index contributed by atoms with van der Waals surface area (Å²) in [7, 11) is 1.68. The van der Waals surface area contributed by atoms with Gasteiger partial charge >= 0.3 is 11.7 Å². The van der Waals surface area contributed by atoms with Gasteiger partial charge in [0.25, 0.3) is 0 Å². The number of benzene rings is 1. The molecule has 1 N–H and O–H groups in total. The molecule has 146 valence electrons. The molecular weight excluding hydrogens is 342 g/mol. The van der Waals surface area contributed by atoms with E-state index in [1.165, 1.54) is 4.68 Å². The third kappa shape index (κ3) is 4.07. The second-order valence-corrected chi connectivity index (χ2v) is 7.82. The molecule has 2 heterocycles. The van der Waals surface area contributed by atoms with Crippen molar-refractivity contribution in [1.29, 1.82) is 0 Å². The van der Waals surface area contributed by atoms with Gasteiger partial charge in [-0.2, -0.15) is 5.10 Å². The molecule has 0 saturated carbocycles. The fourth-order valence-corrected chi connectivity index (χ4v) is 3.88. The van der Waals surface area contributed by atoms with Gasteiger partial charge in [0.05, 0.1) is 0 Å². The van der Waals surface area contributed by atoms with E-state index in [0.29, 0.717) is 13.1 Å². The number of carbonyl (C=O) groups is 1. The summed E-state index contributed by atoms with van der Waals surface area (Å²) in [6.45, 7) is 9.29. The minimum absolute atomic E-state index is 0.0423. The second-order valence-electron chi connectivity index (χ2n) is 7.82. The lowest BCUT2D eigenvalue weighted by molar-refractivity contribution is 0.190. The molecule has 27 heavy (non-hydrogen) atoms. The zero-order chi connectivity index (χ0) is 19.7. The lowest BCUT2D eigenvalue weighted by atomic mass is 9.97. The maximum absolute atomic E-state index is 12.8. The lowest BCUT2D eigenvalue weighted by Crippen LogP contribution is -2.42. The Hall–Kier alpha value is -2.57. The van der Waals surface area contributed by atoms with E-state index in [0.717, 1.165) is 35.5 Å². The molecule has 0 bridgehead atoms. The Balaban J connectivity index is 1.77. The van der Waals surface area contributed by atoms with Crippen LogP contribution in [0, 0.1) is 13.8 Å². The zero-order valence-electron chi connectivity index (χ0n) is 16.8. The van der Waals surface area contributed by atoms with Crippen molar-refractivity contribution < 1.29 is 4.79 Å². The van der Waals surface area contributed by atoms with Crippen LogP contribution in [0.15, 0.2) is 23.0 Å². The SMILES string of the molecule is Cc1cc(C)cc(NC(=O)N2CCCC(c3nn(C)c(=O)n3C(C)C)C2)c1. The van der Waals surface area contributed by atoms with Crippen LogP contribution < -0.4 is 11.0 Å². The van der Waals surface area contributed by atoms with Crippen molar-refractivity contribution in [1.82, 2.24) is 19.2 Å². The number of anilines is 1. The van der Waals surface area contributed by atoms with E-state index in [4.69, 9.17) is 0 Å². The Bertz CT molecular complexity index is 876. The quantitative estimate of drug-likeness (QED) is 0.901. The van der Waals surface area contributed by atoms with Gasteiger partial charge < -0.3 is 10.2 Å². The summed E-state index contributed by atoms with van der Waals surface area (Å²) in [4.78, 5) is 27.0. The number of hydrogen-bond acceptors (Lipinski definition) is 3. The largest absolute Gasteiger partial charge is 0.345 e. The van der Waals surface area contributed by atoms with Crippen molar-refractivity contribution in [3.05, 3.63) is 45.6 Å². The Morgan fingerprint density at radius 3 is 2.52 bits per heavy atom. The summed E-state index contributed by atoms with van der Waals surface area (Å²) < 4.78 is 3.14. The van der Waals surface area contributed by atoms with E-state index in [-0.39, 0.29) is 23.7 Å². The average molecular weight is 371 g/mol. The van der Waals surface area contributed by atoms with Gasteiger partial charge in [-0.15, -0.1) is 0 Å². The minimum Gasteiger partial charge on any atom is -0.324 e. The van der Waals surface area contributed by atoms with Crippen molar-refractivity contribution in [2.75, 3.05) is 18.4 Å². The summed E-state index contributed by atoms with van der Waals surface area (Å²) in [5, 5.41) is 7.48. The third-order valence-corrected chi connectivity index (χ3v) is 5.05. The number of amides is 2. The van der Waals surface area contributed by atoms with Crippen LogP contribution in [-0.2, 0) is 7.05 Å². The highest BCUT2D eigenvalue weighted by molar-refractivity contribution is 5.89. The number of rotatable bonds is 3. The fraction of sp³-hybridized carbons (Fsp3) is 0.550. The van der Waals surface area contributed by atoms with Gasteiger partial charge in [-0.05, 0) is 63.8 Å². The first-order chi connectivity index (χ1) is 12.8.